The van der Waals surface area contributed by atoms with Crippen LogP contribution < -0.4 is 0 Å². The van der Waals surface area contributed by atoms with Crippen LogP contribution in [-0.2, 0) is 0 Å². The molecule has 1 atom stereocenters. The topological polar surface area (TPSA) is 23.5 Å². The van der Waals surface area contributed by atoms with E-state index in [0.717, 1.165) is 19.5 Å². The smallest absolute Gasteiger partial charge is 0.0586 e. The molecular weight excluding hydrogens is 114 g/mol. The van der Waals surface area contributed by atoms with Crippen LogP contribution >= 0.6 is 0 Å². The largest absolute Gasteiger partial charge is 0.395 e. The van der Waals surface area contributed by atoms with E-state index in [0.29, 0.717) is 12.6 Å². The van der Waals surface area contributed by atoms with Crippen LogP contribution in [0.4, 0.5) is 0 Å². The Bertz CT molecular complexity index is 75.0. The zero-order valence-electron chi connectivity index (χ0n) is 5.71. The van der Waals surface area contributed by atoms with Crippen molar-refractivity contribution < 1.29 is 5.11 Å². The lowest BCUT2D eigenvalue weighted by molar-refractivity contribution is 0.169. The van der Waals surface area contributed by atoms with Crippen LogP contribution in [0.15, 0.2) is 0 Å². The number of rotatable bonds is 2. The van der Waals surface area contributed by atoms with Gasteiger partial charge in [-0.05, 0) is 32.9 Å². The first-order valence-corrected chi connectivity index (χ1v) is 3.52. The maximum atomic E-state index is 8.80. The SMILES string of the molecule is [CH2]CN1CCC[C@H]1CO. The van der Waals surface area contributed by atoms with Crippen LogP contribution in [0.2, 0.25) is 0 Å². The summed E-state index contributed by atoms with van der Waals surface area (Å²) in [5.74, 6) is 0. The Labute approximate surface area is 56.5 Å². The fourth-order valence-electron chi connectivity index (χ4n) is 1.40. The molecule has 0 amide bonds. The highest BCUT2D eigenvalue weighted by atomic mass is 16.3. The molecule has 0 aromatic carbocycles. The Morgan fingerprint density at radius 3 is 2.89 bits per heavy atom. The lowest BCUT2D eigenvalue weighted by atomic mass is 10.2. The van der Waals surface area contributed by atoms with Gasteiger partial charge in [0.05, 0.1) is 6.61 Å². The van der Waals surface area contributed by atoms with Crippen LogP contribution in [0.1, 0.15) is 12.8 Å². The van der Waals surface area contributed by atoms with Crippen molar-refractivity contribution in [2.45, 2.75) is 18.9 Å². The molecule has 1 saturated heterocycles. The number of aliphatic hydroxyl groups excluding tert-OH is 1. The van der Waals surface area contributed by atoms with E-state index in [2.05, 4.69) is 11.8 Å². The van der Waals surface area contributed by atoms with Gasteiger partial charge in [0.25, 0.3) is 0 Å². The fraction of sp³-hybridized carbons (Fsp3) is 0.857. The van der Waals surface area contributed by atoms with E-state index in [4.69, 9.17) is 5.11 Å². The molecule has 1 radical (unpaired) electrons. The predicted molar refractivity (Wildman–Crippen MR) is 37.0 cm³/mol. The molecular formula is C7H14NO. The summed E-state index contributed by atoms with van der Waals surface area (Å²) in [5.41, 5.74) is 0. The van der Waals surface area contributed by atoms with Gasteiger partial charge in [-0.1, -0.05) is 0 Å². The van der Waals surface area contributed by atoms with E-state index < -0.39 is 0 Å². The van der Waals surface area contributed by atoms with Gasteiger partial charge in [0.2, 0.25) is 0 Å². The van der Waals surface area contributed by atoms with Crippen molar-refractivity contribution in [2.75, 3.05) is 19.7 Å². The number of aliphatic hydroxyl groups is 1. The minimum atomic E-state index is 0.301. The molecule has 1 aliphatic heterocycles. The first kappa shape index (κ1) is 7.03. The summed E-state index contributed by atoms with van der Waals surface area (Å²) in [7, 11) is 0. The summed E-state index contributed by atoms with van der Waals surface area (Å²) < 4.78 is 0. The fourth-order valence-corrected chi connectivity index (χ4v) is 1.40. The Hall–Kier alpha value is -0.0800. The van der Waals surface area contributed by atoms with Gasteiger partial charge in [0, 0.05) is 6.04 Å². The third-order valence-electron chi connectivity index (χ3n) is 2.00. The molecule has 0 spiro atoms. The highest BCUT2D eigenvalue weighted by Gasteiger charge is 2.21. The van der Waals surface area contributed by atoms with Crippen molar-refractivity contribution in [3.05, 3.63) is 6.92 Å². The molecule has 1 heterocycles. The Morgan fingerprint density at radius 1 is 1.67 bits per heavy atom. The summed E-state index contributed by atoms with van der Waals surface area (Å²) in [6.45, 7) is 6.04. The molecule has 0 aromatic heterocycles. The number of hydrogen-bond acceptors (Lipinski definition) is 2. The van der Waals surface area contributed by atoms with Crippen molar-refractivity contribution >= 4 is 0 Å². The van der Waals surface area contributed by atoms with Gasteiger partial charge in [0.15, 0.2) is 0 Å². The molecule has 1 N–H and O–H groups in total. The second-order valence-electron chi connectivity index (χ2n) is 2.51. The second kappa shape index (κ2) is 3.18. The summed E-state index contributed by atoms with van der Waals surface area (Å²) in [6, 6.07) is 0.405. The molecule has 0 aliphatic carbocycles. The van der Waals surface area contributed by atoms with E-state index in [9.17, 15) is 0 Å². The molecule has 0 saturated carbocycles. The normalized spacial score (nSPS) is 29.3. The van der Waals surface area contributed by atoms with E-state index in [1.807, 2.05) is 0 Å². The molecule has 1 aliphatic rings. The van der Waals surface area contributed by atoms with Crippen LogP contribution in [0.3, 0.4) is 0 Å². The lowest BCUT2D eigenvalue weighted by Crippen LogP contribution is -2.31. The minimum Gasteiger partial charge on any atom is -0.395 e. The highest BCUT2D eigenvalue weighted by molar-refractivity contribution is 4.78. The number of hydrogen-bond donors (Lipinski definition) is 1. The average Bonchev–Trinajstić information content (AvgIpc) is 2.33. The quantitative estimate of drug-likeness (QED) is 0.577. The molecule has 9 heavy (non-hydrogen) atoms. The number of likely N-dealkylation sites (tertiary alicyclic amines) is 1. The van der Waals surface area contributed by atoms with Gasteiger partial charge >= 0.3 is 0 Å². The Kier molecular flexibility index (Phi) is 2.49. The van der Waals surface area contributed by atoms with Crippen LogP contribution in [-0.4, -0.2) is 35.7 Å². The Balaban J connectivity index is 2.32. The van der Waals surface area contributed by atoms with Crippen LogP contribution in [0, 0.1) is 6.92 Å². The summed E-state index contributed by atoms with van der Waals surface area (Å²) in [4.78, 5) is 2.22. The van der Waals surface area contributed by atoms with Gasteiger partial charge < -0.3 is 5.11 Å². The summed E-state index contributed by atoms with van der Waals surface area (Å²) in [5, 5.41) is 8.80. The van der Waals surface area contributed by atoms with Crippen LogP contribution in [0.5, 0.6) is 0 Å². The summed E-state index contributed by atoms with van der Waals surface area (Å²) >= 11 is 0. The van der Waals surface area contributed by atoms with Crippen molar-refractivity contribution in [1.82, 2.24) is 4.90 Å². The highest BCUT2D eigenvalue weighted by Crippen LogP contribution is 2.14. The van der Waals surface area contributed by atoms with E-state index in [1.54, 1.807) is 0 Å². The average molecular weight is 128 g/mol. The lowest BCUT2D eigenvalue weighted by Gasteiger charge is -2.19. The summed E-state index contributed by atoms with van der Waals surface area (Å²) in [6.07, 6.45) is 2.37. The molecule has 1 fully saturated rings. The monoisotopic (exact) mass is 128 g/mol. The third kappa shape index (κ3) is 1.43. The first-order valence-electron chi connectivity index (χ1n) is 3.52. The third-order valence-corrected chi connectivity index (χ3v) is 2.00. The Morgan fingerprint density at radius 2 is 2.44 bits per heavy atom. The number of nitrogens with zero attached hydrogens (tertiary/aromatic N) is 1. The van der Waals surface area contributed by atoms with Gasteiger partial charge in [-0.15, -0.1) is 0 Å². The first-order chi connectivity index (χ1) is 4.38. The zero-order valence-corrected chi connectivity index (χ0v) is 5.71. The van der Waals surface area contributed by atoms with Gasteiger partial charge in [-0.25, -0.2) is 0 Å². The molecule has 2 heteroatoms. The van der Waals surface area contributed by atoms with Crippen molar-refractivity contribution in [1.29, 1.82) is 0 Å². The van der Waals surface area contributed by atoms with Gasteiger partial charge in [-0.2, -0.15) is 0 Å². The molecule has 0 unspecified atom stereocenters. The van der Waals surface area contributed by atoms with E-state index >= 15 is 0 Å². The molecule has 53 valence electrons. The molecule has 2 nitrogen and oxygen atoms in total. The van der Waals surface area contributed by atoms with Crippen LogP contribution in [0.25, 0.3) is 0 Å². The van der Waals surface area contributed by atoms with Gasteiger partial charge in [-0.3, -0.25) is 4.90 Å². The van der Waals surface area contributed by atoms with Crippen molar-refractivity contribution in [2.24, 2.45) is 0 Å². The second-order valence-corrected chi connectivity index (χ2v) is 2.51. The zero-order chi connectivity index (χ0) is 6.69. The van der Waals surface area contributed by atoms with Crippen molar-refractivity contribution in [3.63, 3.8) is 0 Å². The van der Waals surface area contributed by atoms with E-state index in [-0.39, 0.29) is 0 Å². The predicted octanol–water partition coefficient (Wildman–Crippen LogP) is 0.277. The minimum absolute atomic E-state index is 0.301. The van der Waals surface area contributed by atoms with E-state index in [1.165, 1.54) is 6.42 Å². The van der Waals surface area contributed by atoms with Gasteiger partial charge in [0.1, 0.15) is 0 Å². The van der Waals surface area contributed by atoms with Crippen molar-refractivity contribution in [3.8, 4) is 0 Å². The molecule has 0 aromatic rings. The maximum Gasteiger partial charge on any atom is 0.0586 e. The molecule has 1 rings (SSSR count). The molecule has 0 bridgehead atoms. The maximum absolute atomic E-state index is 8.80. The standard InChI is InChI=1S/C7H14NO/c1-2-8-5-3-4-7(8)6-9/h7,9H,1-6H2/t7-/m0/s1.